The number of ether oxygens (including phenoxy) is 6. The zero-order valence-corrected chi connectivity index (χ0v) is 24.2. The number of benzene rings is 2. The molecule has 246 valence electrons. The van der Waals surface area contributed by atoms with Gasteiger partial charge < -0.3 is 73.7 Å². The third-order valence-corrected chi connectivity index (χ3v) is 7.69. The topological polar surface area (TPSA) is 247 Å². The average Bonchev–Trinajstić information content (AvgIpc) is 3.02. The number of hydrogen-bond donors (Lipinski definition) is 8. The zero-order chi connectivity index (χ0) is 32.7. The molecule has 5 rings (SSSR count). The fourth-order valence-corrected chi connectivity index (χ4v) is 5.16. The van der Waals surface area contributed by atoms with Gasteiger partial charge in [-0.15, -0.1) is 0 Å². The molecule has 3 aromatic rings. The fourth-order valence-electron chi connectivity index (χ4n) is 5.16. The Morgan fingerprint density at radius 3 is 2.16 bits per heavy atom. The molecule has 45 heavy (non-hydrogen) atoms. The molecule has 2 saturated heterocycles. The molecule has 16 heteroatoms. The first-order valence-electron chi connectivity index (χ1n) is 13.8. The maximum atomic E-state index is 13.3. The van der Waals surface area contributed by atoms with Crippen LogP contribution in [0.2, 0.25) is 0 Å². The van der Waals surface area contributed by atoms with E-state index in [0.29, 0.717) is 0 Å². The van der Waals surface area contributed by atoms with E-state index < -0.39 is 79.2 Å². The molecule has 0 saturated carbocycles. The van der Waals surface area contributed by atoms with Crippen LogP contribution in [0.25, 0.3) is 22.3 Å². The van der Waals surface area contributed by atoms with E-state index in [4.69, 9.17) is 32.8 Å². The number of rotatable bonds is 8. The summed E-state index contributed by atoms with van der Waals surface area (Å²) in [6.45, 7) is 0.926. The smallest absolute Gasteiger partial charge is 0.239 e. The summed E-state index contributed by atoms with van der Waals surface area (Å²) in [6.07, 6.45) is -15.3. The standard InChI is InChI=1S/C29H34O16/c1-10-19(32)22(35)24(37)28(42-10)41-9-17-20(33)23(36)25(38)29(45-17)44-14-6-11(4-5-13(14)31)26-27(40-3)21(34)18-15(39-2)7-12(30)8-16(18)43-26/h4-8,10,17,19-20,22-25,28-33,35-38H,9H2,1-3H3. The van der Waals surface area contributed by atoms with Gasteiger partial charge in [0.05, 0.1) is 26.9 Å². The highest BCUT2D eigenvalue weighted by molar-refractivity contribution is 5.88. The van der Waals surface area contributed by atoms with Crippen molar-refractivity contribution < 1.29 is 73.7 Å². The van der Waals surface area contributed by atoms with E-state index in [-0.39, 0.29) is 45.3 Å². The molecule has 2 aliphatic heterocycles. The average molecular weight is 639 g/mol. The molecule has 1 aromatic heterocycles. The number of aliphatic hydroxyl groups excluding tert-OH is 6. The van der Waals surface area contributed by atoms with Crippen molar-refractivity contribution in [1.82, 2.24) is 0 Å². The van der Waals surface area contributed by atoms with Crippen LogP contribution in [0, 0.1) is 0 Å². The lowest BCUT2D eigenvalue weighted by Gasteiger charge is -2.42. The van der Waals surface area contributed by atoms with Gasteiger partial charge in [-0.2, -0.15) is 0 Å². The van der Waals surface area contributed by atoms with Gasteiger partial charge in [0, 0.05) is 17.7 Å². The molecule has 10 unspecified atom stereocenters. The van der Waals surface area contributed by atoms with Crippen molar-refractivity contribution in [2.75, 3.05) is 20.8 Å². The number of fused-ring (bicyclic) bond motifs is 1. The van der Waals surface area contributed by atoms with Gasteiger partial charge in [-0.05, 0) is 25.1 Å². The van der Waals surface area contributed by atoms with Crippen molar-refractivity contribution >= 4 is 11.0 Å². The minimum Gasteiger partial charge on any atom is -0.508 e. The molecule has 10 atom stereocenters. The van der Waals surface area contributed by atoms with Crippen LogP contribution in [-0.4, -0.2) is 123 Å². The first-order valence-corrected chi connectivity index (χ1v) is 13.8. The van der Waals surface area contributed by atoms with Gasteiger partial charge in [-0.1, -0.05) is 0 Å². The van der Waals surface area contributed by atoms with Crippen LogP contribution in [-0.2, 0) is 14.2 Å². The summed E-state index contributed by atoms with van der Waals surface area (Å²) < 4.78 is 38.6. The molecule has 8 N–H and O–H groups in total. The highest BCUT2D eigenvalue weighted by Crippen LogP contribution is 2.40. The van der Waals surface area contributed by atoms with E-state index in [1.807, 2.05) is 0 Å². The van der Waals surface area contributed by atoms with Crippen LogP contribution in [0.3, 0.4) is 0 Å². The Labute approximate surface area is 254 Å². The second kappa shape index (κ2) is 13.0. The van der Waals surface area contributed by atoms with Crippen LogP contribution < -0.4 is 19.6 Å². The summed E-state index contributed by atoms with van der Waals surface area (Å²) in [5.41, 5.74) is -0.488. The molecule has 0 amide bonds. The molecule has 16 nitrogen and oxygen atoms in total. The molecule has 0 spiro atoms. The number of phenolic OH excluding ortho intramolecular Hbond substituents is 2. The van der Waals surface area contributed by atoms with Crippen LogP contribution in [0.4, 0.5) is 0 Å². The zero-order valence-electron chi connectivity index (χ0n) is 24.2. The predicted molar refractivity (Wildman–Crippen MR) is 150 cm³/mol. The normalized spacial score (nSPS) is 31.9. The van der Waals surface area contributed by atoms with Gasteiger partial charge in [0.1, 0.15) is 65.2 Å². The van der Waals surface area contributed by atoms with E-state index >= 15 is 0 Å². The van der Waals surface area contributed by atoms with Crippen molar-refractivity contribution in [2.24, 2.45) is 0 Å². The first kappa shape index (κ1) is 32.7. The number of methoxy groups -OCH3 is 2. The van der Waals surface area contributed by atoms with Crippen molar-refractivity contribution in [3.63, 3.8) is 0 Å². The molecule has 2 fully saturated rings. The number of aliphatic hydroxyl groups is 6. The Kier molecular flexibility index (Phi) is 9.41. The van der Waals surface area contributed by atoms with Gasteiger partial charge in [-0.3, -0.25) is 4.79 Å². The largest absolute Gasteiger partial charge is 0.508 e. The van der Waals surface area contributed by atoms with Gasteiger partial charge >= 0.3 is 0 Å². The van der Waals surface area contributed by atoms with Gasteiger partial charge in [0.25, 0.3) is 0 Å². The summed E-state index contributed by atoms with van der Waals surface area (Å²) >= 11 is 0. The lowest BCUT2D eigenvalue weighted by molar-refractivity contribution is -0.318. The monoisotopic (exact) mass is 638 g/mol. The molecule has 2 aliphatic rings. The molecular weight excluding hydrogens is 604 g/mol. The van der Waals surface area contributed by atoms with E-state index in [1.165, 1.54) is 51.5 Å². The minimum absolute atomic E-state index is 0.0111. The highest BCUT2D eigenvalue weighted by Gasteiger charge is 2.47. The lowest BCUT2D eigenvalue weighted by atomic mass is 9.98. The molecular formula is C29H34O16. The van der Waals surface area contributed by atoms with E-state index in [0.717, 1.165) is 0 Å². The maximum absolute atomic E-state index is 13.3. The van der Waals surface area contributed by atoms with E-state index in [2.05, 4.69) is 0 Å². The van der Waals surface area contributed by atoms with Gasteiger partial charge in [-0.25, -0.2) is 0 Å². The molecule has 0 radical (unpaired) electrons. The number of aromatic hydroxyl groups is 2. The third kappa shape index (κ3) is 6.11. The van der Waals surface area contributed by atoms with Crippen LogP contribution in [0.5, 0.6) is 28.7 Å². The highest BCUT2D eigenvalue weighted by atomic mass is 16.7. The summed E-state index contributed by atoms with van der Waals surface area (Å²) in [7, 11) is 2.56. The Hall–Kier alpha value is -3.71. The molecule has 0 bridgehead atoms. The van der Waals surface area contributed by atoms with Gasteiger partial charge in [0.2, 0.25) is 17.5 Å². The summed E-state index contributed by atoms with van der Waals surface area (Å²) in [4.78, 5) is 13.3. The number of phenols is 2. The minimum atomic E-state index is -1.82. The number of hydrogen-bond acceptors (Lipinski definition) is 16. The lowest BCUT2D eigenvalue weighted by Crippen LogP contribution is -2.61. The third-order valence-electron chi connectivity index (χ3n) is 7.69. The van der Waals surface area contributed by atoms with E-state index in [1.54, 1.807) is 0 Å². The quantitative estimate of drug-likeness (QED) is 0.146. The second-order valence-electron chi connectivity index (χ2n) is 10.6. The van der Waals surface area contributed by atoms with Crippen molar-refractivity contribution in [2.45, 2.75) is 68.3 Å². The van der Waals surface area contributed by atoms with E-state index in [9.17, 15) is 45.6 Å². The Balaban J connectivity index is 1.40. The van der Waals surface area contributed by atoms with Crippen molar-refractivity contribution in [1.29, 1.82) is 0 Å². The Morgan fingerprint density at radius 2 is 1.47 bits per heavy atom. The SMILES string of the molecule is COc1c(-c2ccc(O)c(OC3OC(COC4OC(C)C(O)C(O)C4O)C(O)C(O)C3O)c2)oc2cc(O)cc(OC)c2c1=O. The fraction of sp³-hybridized carbons (Fsp3) is 0.483. The van der Waals surface area contributed by atoms with Crippen LogP contribution in [0.1, 0.15) is 6.92 Å². The molecule has 2 aromatic carbocycles. The first-order chi connectivity index (χ1) is 21.4. The second-order valence-corrected chi connectivity index (χ2v) is 10.6. The summed E-state index contributed by atoms with van der Waals surface area (Å²) in [6, 6.07) is 6.26. The Bertz CT molecular complexity index is 1570. The van der Waals surface area contributed by atoms with Crippen molar-refractivity contribution in [3.8, 4) is 40.1 Å². The molecule has 0 aliphatic carbocycles. The Morgan fingerprint density at radius 1 is 0.778 bits per heavy atom. The van der Waals surface area contributed by atoms with Crippen LogP contribution in [0.15, 0.2) is 39.5 Å². The summed E-state index contributed by atoms with van der Waals surface area (Å²) in [5.74, 6) is -1.25. The maximum Gasteiger partial charge on any atom is 0.239 e. The molecule has 3 heterocycles. The van der Waals surface area contributed by atoms with Gasteiger partial charge in [0.15, 0.2) is 23.5 Å². The summed E-state index contributed by atoms with van der Waals surface area (Å²) in [5, 5.41) is 82.4. The van der Waals surface area contributed by atoms with Crippen LogP contribution >= 0.6 is 0 Å². The predicted octanol–water partition coefficient (Wildman–Crippen LogP) is -1.08. The van der Waals surface area contributed by atoms with Crippen molar-refractivity contribution in [3.05, 3.63) is 40.6 Å².